The molecule has 0 bridgehead atoms. The van der Waals surface area contributed by atoms with Gasteiger partial charge in [-0.15, -0.1) is 0 Å². The Bertz CT molecular complexity index is 859. The van der Waals surface area contributed by atoms with Crippen molar-refractivity contribution in [2.24, 2.45) is 7.05 Å². The number of aromatic nitrogens is 1. The zero-order valence-electron chi connectivity index (χ0n) is 13.9. The molecule has 1 N–H and O–H groups in total. The zero-order chi connectivity index (χ0) is 17.6. The number of nitrogens with zero attached hydrogens (tertiary/aromatic N) is 1. The van der Waals surface area contributed by atoms with E-state index in [0.717, 1.165) is 10.9 Å². The van der Waals surface area contributed by atoms with E-state index in [9.17, 15) is 4.79 Å². The monoisotopic (exact) mass is 358 g/mol. The van der Waals surface area contributed by atoms with Gasteiger partial charge < -0.3 is 19.4 Å². The van der Waals surface area contributed by atoms with Gasteiger partial charge in [-0.3, -0.25) is 4.79 Å². The average Bonchev–Trinajstić information content (AvgIpc) is 3.00. The third-order valence-corrected chi connectivity index (χ3v) is 4.01. The van der Waals surface area contributed by atoms with Gasteiger partial charge in [0.05, 0.1) is 12.1 Å². The molecule has 0 aliphatic heterocycles. The summed E-state index contributed by atoms with van der Waals surface area (Å²) in [4.78, 5) is 11.9. The predicted octanol–water partition coefficient (Wildman–Crippen LogP) is 3.41. The lowest BCUT2D eigenvalue weighted by Gasteiger charge is -2.10. The molecule has 6 heteroatoms. The summed E-state index contributed by atoms with van der Waals surface area (Å²) in [5.74, 6) is 1.23. The van der Waals surface area contributed by atoms with E-state index < -0.39 is 0 Å². The first-order valence-corrected chi connectivity index (χ1v) is 8.33. The molecule has 130 valence electrons. The molecule has 0 aliphatic carbocycles. The summed E-state index contributed by atoms with van der Waals surface area (Å²) in [6, 6.07) is 14.8. The number of hydrogen-bond donors (Lipinski definition) is 1. The van der Waals surface area contributed by atoms with Crippen LogP contribution in [0.4, 0.5) is 0 Å². The van der Waals surface area contributed by atoms with E-state index in [2.05, 4.69) is 5.32 Å². The van der Waals surface area contributed by atoms with Gasteiger partial charge in [-0.05, 0) is 42.5 Å². The number of carbonyl (C=O) groups is 1. The van der Waals surface area contributed by atoms with Crippen LogP contribution in [0.3, 0.4) is 0 Å². The van der Waals surface area contributed by atoms with Gasteiger partial charge in [0, 0.05) is 23.7 Å². The quantitative estimate of drug-likeness (QED) is 0.658. The van der Waals surface area contributed by atoms with Crippen LogP contribution in [0.25, 0.3) is 10.9 Å². The molecule has 1 heterocycles. The number of rotatable bonds is 7. The molecule has 0 spiro atoms. The van der Waals surface area contributed by atoms with Crippen molar-refractivity contribution in [2.75, 3.05) is 19.8 Å². The number of ether oxygens (including phenoxy) is 2. The first-order valence-electron chi connectivity index (χ1n) is 7.95. The summed E-state index contributed by atoms with van der Waals surface area (Å²) in [5.41, 5.74) is 1.06. The topological polar surface area (TPSA) is 52.5 Å². The zero-order valence-corrected chi connectivity index (χ0v) is 14.6. The molecule has 25 heavy (non-hydrogen) atoms. The Balaban J connectivity index is 1.42. The second-order valence-corrected chi connectivity index (χ2v) is 5.99. The van der Waals surface area contributed by atoms with Crippen LogP contribution < -0.4 is 14.8 Å². The molecule has 2 aromatic carbocycles. The minimum absolute atomic E-state index is 0.0328. The Kier molecular flexibility index (Phi) is 5.46. The summed E-state index contributed by atoms with van der Waals surface area (Å²) in [7, 11) is 1.97. The summed E-state index contributed by atoms with van der Waals surface area (Å²) in [6.07, 6.45) is 1.96. The van der Waals surface area contributed by atoms with Gasteiger partial charge in [0.15, 0.2) is 6.61 Å². The lowest BCUT2D eigenvalue weighted by molar-refractivity contribution is -0.123. The lowest BCUT2D eigenvalue weighted by Crippen LogP contribution is -2.32. The van der Waals surface area contributed by atoms with Gasteiger partial charge >= 0.3 is 0 Å². The standard InChI is InChI=1S/C19H19ClN2O3/c1-22-11-9-16-17(22)3-2-4-18(16)25-13-19(23)21-10-12-24-15-7-5-14(20)6-8-15/h2-9,11H,10,12-13H2,1H3,(H,21,23). The summed E-state index contributed by atoms with van der Waals surface area (Å²) in [6.45, 7) is 0.747. The van der Waals surface area contributed by atoms with Gasteiger partial charge in [0.25, 0.3) is 5.91 Å². The van der Waals surface area contributed by atoms with Crippen LogP contribution in [0, 0.1) is 0 Å². The third kappa shape index (κ3) is 4.45. The second kappa shape index (κ2) is 7.94. The highest BCUT2D eigenvalue weighted by Gasteiger charge is 2.07. The normalized spacial score (nSPS) is 10.6. The summed E-state index contributed by atoms with van der Waals surface area (Å²) >= 11 is 5.81. The summed E-state index contributed by atoms with van der Waals surface area (Å²) < 4.78 is 13.2. The van der Waals surface area contributed by atoms with Crippen LogP contribution >= 0.6 is 11.6 Å². The Morgan fingerprint density at radius 3 is 2.72 bits per heavy atom. The molecule has 0 atom stereocenters. The molecule has 0 saturated carbocycles. The van der Waals surface area contributed by atoms with E-state index in [1.54, 1.807) is 24.3 Å². The molecule has 0 aliphatic rings. The molecular formula is C19H19ClN2O3. The van der Waals surface area contributed by atoms with E-state index in [1.807, 2.05) is 42.1 Å². The van der Waals surface area contributed by atoms with E-state index in [0.29, 0.717) is 29.7 Å². The maximum absolute atomic E-state index is 11.9. The minimum Gasteiger partial charge on any atom is -0.492 e. The Hall–Kier alpha value is -2.66. The van der Waals surface area contributed by atoms with Crippen molar-refractivity contribution < 1.29 is 14.3 Å². The van der Waals surface area contributed by atoms with E-state index in [1.165, 1.54) is 0 Å². The van der Waals surface area contributed by atoms with E-state index in [4.69, 9.17) is 21.1 Å². The van der Waals surface area contributed by atoms with Gasteiger partial charge in [-0.25, -0.2) is 0 Å². The fourth-order valence-corrected chi connectivity index (χ4v) is 2.61. The van der Waals surface area contributed by atoms with Crippen LogP contribution in [0.2, 0.25) is 5.02 Å². The molecule has 1 aromatic heterocycles. The first-order chi connectivity index (χ1) is 12.1. The van der Waals surface area contributed by atoms with Crippen LogP contribution in [-0.4, -0.2) is 30.2 Å². The highest BCUT2D eigenvalue weighted by molar-refractivity contribution is 6.30. The fourth-order valence-electron chi connectivity index (χ4n) is 2.48. The largest absolute Gasteiger partial charge is 0.492 e. The van der Waals surface area contributed by atoms with Crippen molar-refractivity contribution in [3.63, 3.8) is 0 Å². The average molecular weight is 359 g/mol. The number of carbonyl (C=O) groups excluding carboxylic acids is 1. The van der Waals surface area contributed by atoms with Gasteiger partial charge in [-0.2, -0.15) is 0 Å². The van der Waals surface area contributed by atoms with E-state index in [-0.39, 0.29) is 12.5 Å². The molecule has 0 radical (unpaired) electrons. The number of halogens is 1. The van der Waals surface area contributed by atoms with Crippen molar-refractivity contribution in [1.29, 1.82) is 0 Å². The number of fused-ring (bicyclic) bond motifs is 1. The van der Waals surface area contributed by atoms with Gasteiger partial charge in [0.1, 0.15) is 18.1 Å². The first kappa shape index (κ1) is 17.2. The number of aryl methyl sites for hydroxylation is 1. The summed E-state index contributed by atoms with van der Waals surface area (Å²) in [5, 5.41) is 4.42. The van der Waals surface area contributed by atoms with Gasteiger partial charge in [-0.1, -0.05) is 17.7 Å². The number of amides is 1. The van der Waals surface area contributed by atoms with Crippen LogP contribution in [0.15, 0.2) is 54.7 Å². The number of benzene rings is 2. The fraction of sp³-hybridized carbons (Fsp3) is 0.211. The van der Waals surface area contributed by atoms with Crippen molar-refractivity contribution in [2.45, 2.75) is 0 Å². The molecule has 5 nitrogen and oxygen atoms in total. The Labute approximate surface area is 151 Å². The smallest absolute Gasteiger partial charge is 0.258 e. The predicted molar refractivity (Wildman–Crippen MR) is 98.4 cm³/mol. The third-order valence-electron chi connectivity index (χ3n) is 3.75. The molecular weight excluding hydrogens is 340 g/mol. The highest BCUT2D eigenvalue weighted by Crippen LogP contribution is 2.25. The molecule has 0 unspecified atom stereocenters. The highest BCUT2D eigenvalue weighted by atomic mass is 35.5. The van der Waals surface area contributed by atoms with Crippen molar-refractivity contribution in [1.82, 2.24) is 9.88 Å². The maximum atomic E-state index is 11.9. The lowest BCUT2D eigenvalue weighted by atomic mass is 10.2. The minimum atomic E-state index is -0.187. The van der Waals surface area contributed by atoms with Crippen molar-refractivity contribution in [3.05, 3.63) is 59.8 Å². The van der Waals surface area contributed by atoms with Crippen molar-refractivity contribution in [3.8, 4) is 11.5 Å². The van der Waals surface area contributed by atoms with Crippen LogP contribution in [-0.2, 0) is 11.8 Å². The van der Waals surface area contributed by atoms with Crippen LogP contribution in [0.1, 0.15) is 0 Å². The molecule has 3 rings (SSSR count). The Morgan fingerprint density at radius 2 is 1.92 bits per heavy atom. The van der Waals surface area contributed by atoms with Gasteiger partial charge in [0.2, 0.25) is 0 Å². The van der Waals surface area contributed by atoms with Crippen LogP contribution in [0.5, 0.6) is 11.5 Å². The maximum Gasteiger partial charge on any atom is 0.258 e. The van der Waals surface area contributed by atoms with E-state index >= 15 is 0 Å². The number of nitrogens with one attached hydrogen (secondary N) is 1. The molecule has 0 fully saturated rings. The Morgan fingerprint density at radius 1 is 1.12 bits per heavy atom. The molecule has 3 aromatic rings. The molecule has 1 amide bonds. The molecule has 0 saturated heterocycles. The van der Waals surface area contributed by atoms with Crippen molar-refractivity contribution >= 4 is 28.4 Å². The SMILES string of the molecule is Cn1ccc2c(OCC(=O)NCCOc3ccc(Cl)cc3)cccc21. The number of hydrogen-bond acceptors (Lipinski definition) is 3. The second-order valence-electron chi connectivity index (χ2n) is 5.56.